The van der Waals surface area contributed by atoms with Crippen molar-refractivity contribution in [2.75, 3.05) is 6.61 Å². The number of hydrogen-bond donors (Lipinski definition) is 0. The van der Waals surface area contributed by atoms with Crippen LogP contribution in [0.15, 0.2) is 54.6 Å². The molecule has 0 aromatic heterocycles. The van der Waals surface area contributed by atoms with Crippen LogP contribution in [0.25, 0.3) is 11.1 Å². The highest BCUT2D eigenvalue weighted by Gasteiger charge is 1.99. The summed E-state index contributed by atoms with van der Waals surface area (Å²) in [5, 5.41) is 0. The molecule has 2 nitrogen and oxygen atoms in total. The van der Waals surface area contributed by atoms with E-state index in [9.17, 15) is 4.79 Å². The van der Waals surface area contributed by atoms with E-state index in [1.165, 1.54) is 11.1 Å². The first kappa shape index (κ1) is 14.3. The fourth-order valence-electron chi connectivity index (χ4n) is 2.04. The quantitative estimate of drug-likeness (QED) is 0.691. The maximum Gasteiger partial charge on any atom is 0.129 e. The van der Waals surface area contributed by atoms with Crippen molar-refractivity contribution in [1.29, 1.82) is 0 Å². The van der Waals surface area contributed by atoms with Gasteiger partial charge in [0.2, 0.25) is 0 Å². The summed E-state index contributed by atoms with van der Waals surface area (Å²) in [6, 6.07) is 18.4. The first-order valence-corrected chi connectivity index (χ1v) is 7.03. The van der Waals surface area contributed by atoms with Gasteiger partial charge in [0.05, 0.1) is 6.61 Å². The fourth-order valence-corrected chi connectivity index (χ4v) is 2.04. The smallest absolute Gasteiger partial charge is 0.129 e. The molecule has 2 aromatic rings. The third-order valence-corrected chi connectivity index (χ3v) is 3.15. The molecule has 0 spiro atoms. The van der Waals surface area contributed by atoms with Gasteiger partial charge < -0.3 is 9.53 Å². The van der Waals surface area contributed by atoms with Crippen molar-refractivity contribution in [3.8, 4) is 16.9 Å². The molecule has 0 saturated carbocycles. The molecule has 0 bridgehead atoms. The van der Waals surface area contributed by atoms with Gasteiger partial charge in [-0.2, -0.15) is 0 Å². The molecule has 2 heteroatoms. The molecule has 104 valence electrons. The van der Waals surface area contributed by atoms with Gasteiger partial charge in [-0.15, -0.1) is 0 Å². The Hall–Kier alpha value is -2.09. The maximum atomic E-state index is 10.8. The summed E-state index contributed by atoms with van der Waals surface area (Å²) < 4.78 is 5.67. The molecule has 0 aliphatic carbocycles. The number of hydrogen-bond acceptors (Lipinski definition) is 2. The Morgan fingerprint density at radius 2 is 1.55 bits per heavy atom. The summed E-state index contributed by atoms with van der Waals surface area (Å²) >= 11 is 0. The van der Waals surface area contributed by atoms with Crippen LogP contribution in [0.3, 0.4) is 0 Å². The molecular formula is C18H20O2. The van der Waals surface area contributed by atoms with Gasteiger partial charge in [-0.25, -0.2) is 0 Å². The predicted octanol–water partition coefficient (Wildman–Crippen LogP) is 4.49. The zero-order chi connectivity index (χ0) is 14.2. The van der Waals surface area contributed by atoms with Gasteiger partial charge in [0.25, 0.3) is 0 Å². The van der Waals surface area contributed by atoms with E-state index in [1.54, 1.807) is 6.92 Å². The average molecular weight is 268 g/mol. The number of ether oxygens (including phenoxy) is 1. The van der Waals surface area contributed by atoms with Crippen LogP contribution < -0.4 is 4.74 Å². The van der Waals surface area contributed by atoms with E-state index < -0.39 is 0 Å². The fraction of sp³-hybridized carbons (Fsp3) is 0.278. The lowest BCUT2D eigenvalue weighted by Crippen LogP contribution is -1.98. The Morgan fingerprint density at radius 1 is 0.900 bits per heavy atom. The first-order chi connectivity index (χ1) is 9.75. The summed E-state index contributed by atoms with van der Waals surface area (Å²) in [4.78, 5) is 10.8. The Morgan fingerprint density at radius 3 is 2.20 bits per heavy atom. The van der Waals surface area contributed by atoms with Crippen molar-refractivity contribution in [3.63, 3.8) is 0 Å². The third-order valence-electron chi connectivity index (χ3n) is 3.15. The highest BCUT2D eigenvalue weighted by molar-refractivity contribution is 5.75. The lowest BCUT2D eigenvalue weighted by atomic mass is 10.1. The second kappa shape index (κ2) is 7.49. The zero-order valence-corrected chi connectivity index (χ0v) is 11.8. The minimum atomic E-state index is 0.247. The molecule has 0 atom stereocenters. The summed E-state index contributed by atoms with van der Waals surface area (Å²) in [5.74, 6) is 1.13. The van der Waals surface area contributed by atoms with Crippen LogP contribution in [-0.4, -0.2) is 12.4 Å². The van der Waals surface area contributed by atoms with Crippen molar-refractivity contribution in [3.05, 3.63) is 54.6 Å². The Labute approximate surface area is 120 Å². The number of Topliss-reactive ketones (excluding diaryl/α,β-unsaturated/α-hetero) is 1. The van der Waals surface area contributed by atoms with Crippen LogP contribution in [0.4, 0.5) is 0 Å². The molecule has 0 N–H and O–H groups in total. The van der Waals surface area contributed by atoms with Gasteiger partial charge in [-0.3, -0.25) is 0 Å². The number of carbonyl (C=O) groups excluding carboxylic acids is 1. The topological polar surface area (TPSA) is 26.3 Å². The monoisotopic (exact) mass is 268 g/mol. The molecule has 0 amide bonds. The van der Waals surface area contributed by atoms with Crippen LogP contribution >= 0.6 is 0 Å². The number of unbranched alkanes of at least 4 members (excludes halogenated alkanes) is 1. The largest absolute Gasteiger partial charge is 0.494 e. The molecule has 2 aromatic carbocycles. The number of rotatable bonds is 7. The minimum Gasteiger partial charge on any atom is -0.494 e. The summed E-state index contributed by atoms with van der Waals surface area (Å²) in [5.41, 5.74) is 2.40. The van der Waals surface area contributed by atoms with Gasteiger partial charge in [0.15, 0.2) is 0 Å². The van der Waals surface area contributed by atoms with Crippen LogP contribution in [-0.2, 0) is 4.79 Å². The average Bonchev–Trinajstić information content (AvgIpc) is 2.48. The SMILES string of the molecule is CC(=O)CCCCOc1ccc(-c2ccccc2)cc1. The van der Waals surface area contributed by atoms with Gasteiger partial charge >= 0.3 is 0 Å². The number of ketones is 1. The van der Waals surface area contributed by atoms with Gasteiger partial charge in [-0.1, -0.05) is 42.5 Å². The van der Waals surface area contributed by atoms with E-state index in [1.807, 2.05) is 30.3 Å². The molecule has 0 radical (unpaired) electrons. The molecule has 0 fully saturated rings. The molecule has 0 saturated heterocycles. The minimum absolute atomic E-state index is 0.247. The van der Waals surface area contributed by atoms with E-state index in [4.69, 9.17) is 4.74 Å². The van der Waals surface area contributed by atoms with Gasteiger partial charge in [0.1, 0.15) is 11.5 Å². The van der Waals surface area contributed by atoms with Gasteiger partial charge in [-0.05, 0) is 43.0 Å². The van der Waals surface area contributed by atoms with Crippen LogP contribution in [0.5, 0.6) is 5.75 Å². The van der Waals surface area contributed by atoms with E-state index in [2.05, 4.69) is 24.3 Å². The highest BCUT2D eigenvalue weighted by Crippen LogP contribution is 2.22. The van der Waals surface area contributed by atoms with Crippen LogP contribution in [0.2, 0.25) is 0 Å². The summed E-state index contributed by atoms with van der Waals surface area (Å²) in [6.45, 7) is 2.29. The standard InChI is InChI=1S/C18H20O2/c1-15(19)7-5-6-14-20-18-12-10-17(11-13-18)16-8-3-2-4-9-16/h2-4,8-13H,5-7,14H2,1H3. The Bertz CT molecular complexity index is 529. The van der Waals surface area contributed by atoms with E-state index in [-0.39, 0.29) is 5.78 Å². The van der Waals surface area contributed by atoms with Crippen molar-refractivity contribution in [1.82, 2.24) is 0 Å². The molecule has 0 aliphatic heterocycles. The zero-order valence-electron chi connectivity index (χ0n) is 11.8. The summed E-state index contributed by atoms with van der Waals surface area (Å²) in [6.07, 6.45) is 2.47. The number of benzene rings is 2. The Kier molecular flexibility index (Phi) is 5.36. The van der Waals surface area contributed by atoms with E-state index >= 15 is 0 Å². The Balaban J connectivity index is 1.82. The molecule has 20 heavy (non-hydrogen) atoms. The lowest BCUT2D eigenvalue weighted by molar-refractivity contribution is -0.117. The normalized spacial score (nSPS) is 10.2. The second-order valence-corrected chi connectivity index (χ2v) is 4.90. The third kappa shape index (κ3) is 4.54. The number of carbonyl (C=O) groups is 1. The molecule has 2 rings (SSSR count). The van der Waals surface area contributed by atoms with Crippen LogP contribution in [0, 0.1) is 0 Å². The van der Waals surface area contributed by atoms with Crippen molar-refractivity contribution < 1.29 is 9.53 Å². The molecule has 0 heterocycles. The first-order valence-electron chi connectivity index (χ1n) is 7.03. The second-order valence-electron chi connectivity index (χ2n) is 4.90. The maximum absolute atomic E-state index is 10.8. The molecular weight excluding hydrogens is 248 g/mol. The predicted molar refractivity (Wildman–Crippen MR) is 81.9 cm³/mol. The van der Waals surface area contributed by atoms with E-state index in [0.29, 0.717) is 13.0 Å². The van der Waals surface area contributed by atoms with Crippen LogP contribution in [0.1, 0.15) is 26.2 Å². The summed E-state index contributed by atoms with van der Waals surface area (Å²) in [7, 11) is 0. The highest BCUT2D eigenvalue weighted by atomic mass is 16.5. The lowest BCUT2D eigenvalue weighted by Gasteiger charge is -2.07. The van der Waals surface area contributed by atoms with Gasteiger partial charge in [0, 0.05) is 6.42 Å². The molecule has 0 aliphatic rings. The molecule has 0 unspecified atom stereocenters. The van der Waals surface area contributed by atoms with Crippen molar-refractivity contribution >= 4 is 5.78 Å². The van der Waals surface area contributed by atoms with E-state index in [0.717, 1.165) is 18.6 Å². The van der Waals surface area contributed by atoms with Crippen molar-refractivity contribution in [2.45, 2.75) is 26.2 Å². The van der Waals surface area contributed by atoms with Crippen molar-refractivity contribution in [2.24, 2.45) is 0 Å².